The zero-order valence-corrected chi connectivity index (χ0v) is 10.6. The summed E-state index contributed by atoms with van der Waals surface area (Å²) in [7, 11) is 1.36. The van der Waals surface area contributed by atoms with Crippen molar-refractivity contribution in [1.29, 1.82) is 0 Å². The molecule has 102 valence electrons. The van der Waals surface area contributed by atoms with E-state index in [-0.39, 0.29) is 6.42 Å². The number of nitrogens with one attached hydrogen (secondary N) is 2. The van der Waals surface area contributed by atoms with Crippen LogP contribution in [-0.4, -0.2) is 42.4 Å². The minimum absolute atomic E-state index is 0.222. The summed E-state index contributed by atoms with van der Waals surface area (Å²) in [5, 5.41) is 14.0. The van der Waals surface area contributed by atoms with E-state index >= 15 is 0 Å². The van der Waals surface area contributed by atoms with Gasteiger partial charge in [-0.2, -0.15) is 0 Å². The van der Waals surface area contributed by atoms with E-state index in [1.807, 2.05) is 30.3 Å². The first-order chi connectivity index (χ1) is 9.11. The number of amides is 2. The lowest BCUT2D eigenvalue weighted by Gasteiger charge is -2.38. The van der Waals surface area contributed by atoms with Gasteiger partial charge in [0.1, 0.15) is 6.04 Å². The fraction of sp³-hybridized carbons (Fsp3) is 0.385. The number of rotatable bonds is 4. The Balaban J connectivity index is 2.23. The molecule has 0 bridgehead atoms. The van der Waals surface area contributed by atoms with Crippen LogP contribution in [0.5, 0.6) is 0 Å². The van der Waals surface area contributed by atoms with Crippen molar-refractivity contribution in [2.45, 2.75) is 18.2 Å². The van der Waals surface area contributed by atoms with Crippen molar-refractivity contribution in [3.8, 4) is 0 Å². The first-order valence-corrected chi connectivity index (χ1v) is 5.94. The van der Waals surface area contributed by atoms with Gasteiger partial charge in [0, 0.05) is 13.5 Å². The standard InChI is InChI=1S/C13H16N2O4/c1-19-13(7-9-5-3-2-4-6-9)12(18)14-10(8-16)11(17)15-13/h2-6,10,16H,7-8H2,1H3,(H,14,18)(H,15,17). The summed E-state index contributed by atoms with van der Waals surface area (Å²) < 4.78 is 5.23. The second-order valence-corrected chi connectivity index (χ2v) is 4.39. The van der Waals surface area contributed by atoms with Crippen molar-refractivity contribution in [3.63, 3.8) is 0 Å². The van der Waals surface area contributed by atoms with Gasteiger partial charge in [0.25, 0.3) is 5.91 Å². The molecule has 2 amide bonds. The van der Waals surface area contributed by atoms with Crippen molar-refractivity contribution in [2.24, 2.45) is 0 Å². The van der Waals surface area contributed by atoms with Gasteiger partial charge in [-0.25, -0.2) is 0 Å². The Morgan fingerprint density at radius 2 is 2.00 bits per heavy atom. The predicted molar refractivity (Wildman–Crippen MR) is 67.0 cm³/mol. The smallest absolute Gasteiger partial charge is 0.274 e. The van der Waals surface area contributed by atoms with E-state index in [1.165, 1.54) is 7.11 Å². The van der Waals surface area contributed by atoms with Gasteiger partial charge in [0.05, 0.1) is 6.61 Å². The molecule has 0 saturated carbocycles. The van der Waals surface area contributed by atoms with Crippen molar-refractivity contribution in [1.82, 2.24) is 10.6 Å². The summed E-state index contributed by atoms with van der Waals surface area (Å²) in [6, 6.07) is 8.32. The lowest BCUT2D eigenvalue weighted by Crippen LogP contribution is -2.71. The zero-order valence-electron chi connectivity index (χ0n) is 10.6. The first-order valence-electron chi connectivity index (χ1n) is 5.94. The van der Waals surface area contributed by atoms with Gasteiger partial charge in [0.2, 0.25) is 11.6 Å². The summed E-state index contributed by atoms with van der Waals surface area (Å²) in [5.41, 5.74) is -0.563. The summed E-state index contributed by atoms with van der Waals surface area (Å²) in [6.45, 7) is -0.442. The van der Waals surface area contributed by atoms with Crippen molar-refractivity contribution in [2.75, 3.05) is 13.7 Å². The minimum Gasteiger partial charge on any atom is -0.394 e. The van der Waals surface area contributed by atoms with Crippen LogP contribution in [0.15, 0.2) is 30.3 Å². The molecule has 1 aromatic carbocycles. The normalized spacial score (nSPS) is 26.7. The largest absolute Gasteiger partial charge is 0.394 e. The lowest BCUT2D eigenvalue weighted by molar-refractivity contribution is -0.162. The van der Waals surface area contributed by atoms with Crippen LogP contribution in [-0.2, 0) is 20.7 Å². The van der Waals surface area contributed by atoms with Crippen LogP contribution in [0.3, 0.4) is 0 Å². The molecule has 1 aliphatic rings. The quantitative estimate of drug-likeness (QED) is 0.663. The van der Waals surface area contributed by atoms with Crippen molar-refractivity contribution in [3.05, 3.63) is 35.9 Å². The molecule has 1 aliphatic heterocycles. The van der Waals surface area contributed by atoms with E-state index in [1.54, 1.807) is 0 Å². The highest BCUT2D eigenvalue weighted by Gasteiger charge is 2.46. The highest BCUT2D eigenvalue weighted by molar-refractivity contribution is 5.99. The number of hydrogen-bond donors (Lipinski definition) is 3. The fourth-order valence-electron chi connectivity index (χ4n) is 2.04. The molecule has 6 heteroatoms. The number of methoxy groups -OCH3 is 1. The molecule has 3 N–H and O–H groups in total. The average Bonchev–Trinajstić information content (AvgIpc) is 2.43. The van der Waals surface area contributed by atoms with Crippen LogP contribution in [0.2, 0.25) is 0 Å². The number of aliphatic hydroxyl groups excluding tert-OH is 1. The van der Waals surface area contributed by atoms with Crippen molar-refractivity contribution < 1.29 is 19.4 Å². The molecule has 0 aromatic heterocycles. The van der Waals surface area contributed by atoms with Gasteiger partial charge in [-0.15, -0.1) is 0 Å². The number of carbonyl (C=O) groups excluding carboxylic acids is 2. The monoisotopic (exact) mass is 264 g/mol. The molecular formula is C13H16N2O4. The van der Waals surface area contributed by atoms with Crippen LogP contribution < -0.4 is 10.6 Å². The maximum absolute atomic E-state index is 12.1. The summed E-state index contributed by atoms with van der Waals surface area (Å²) in [4.78, 5) is 23.9. The van der Waals surface area contributed by atoms with Crippen LogP contribution in [0, 0.1) is 0 Å². The second-order valence-electron chi connectivity index (χ2n) is 4.39. The van der Waals surface area contributed by atoms with Gasteiger partial charge in [0.15, 0.2) is 0 Å². The fourth-order valence-corrected chi connectivity index (χ4v) is 2.04. The Labute approximate surface area is 110 Å². The minimum atomic E-state index is -1.43. The molecule has 1 saturated heterocycles. The van der Waals surface area contributed by atoms with Crippen LogP contribution in [0.4, 0.5) is 0 Å². The van der Waals surface area contributed by atoms with E-state index in [9.17, 15) is 9.59 Å². The Bertz CT molecular complexity index is 477. The third-order valence-corrected chi connectivity index (χ3v) is 3.14. The number of aliphatic hydroxyl groups is 1. The molecule has 6 nitrogen and oxygen atoms in total. The number of benzene rings is 1. The lowest BCUT2D eigenvalue weighted by atomic mass is 9.98. The van der Waals surface area contributed by atoms with E-state index in [0.29, 0.717) is 0 Å². The highest BCUT2D eigenvalue weighted by atomic mass is 16.5. The molecule has 1 fully saturated rings. The van der Waals surface area contributed by atoms with Crippen LogP contribution >= 0.6 is 0 Å². The third kappa shape index (κ3) is 2.59. The Hall–Kier alpha value is -1.92. The topological polar surface area (TPSA) is 87.7 Å². The number of piperazine rings is 1. The average molecular weight is 264 g/mol. The molecule has 0 aliphatic carbocycles. The summed E-state index contributed by atoms with van der Waals surface area (Å²) >= 11 is 0. The van der Waals surface area contributed by atoms with Gasteiger partial charge in [-0.3, -0.25) is 9.59 Å². The molecule has 2 unspecified atom stereocenters. The zero-order chi connectivity index (χ0) is 13.9. The predicted octanol–water partition coefficient (Wildman–Crippen LogP) is -0.821. The number of carbonyl (C=O) groups is 2. The summed E-state index contributed by atoms with van der Waals surface area (Å²) in [5.74, 6) is -0.919. The molecule has 1 aromatic rings. The summed E-state index contributed by atoms with van der Waals surface area (Å²) in [6.07, 6.45) is 0.222. The first kappa shape index (κ1) is 13.5. The molecule has 2 rings (SSSR count). The number of ether oxygens (including phenoxy) is 1. The SMILES string of the molecule is COC1(Cc2ccccc2)NC(=O)C(CO)NC1=O. The third-order valence-electron chi connectivity index (χ3n) is 3.14. The van der Waals surface area contributed by atoms with E-state index in [4.69, 9.17) is 9.84 Å². The van der Waals surface area contributed by atoms with E-state index < -0.39 is 30.2 Å². The molecule has 19 heavy (non-hydrogen) atoms. The van der Waals surface area contributed by atoms with E-state index in [2.05, 4.69) is 10.6 Å². The molecular weight excluding hydrogens is 248 g/mol. The van der Waals surface area contributed by atoms with Crippen molar-refractivity contribution >= 4 is 11.8 Å². The molecule has 0 spiro atoms. The van der Waals surface area contributed by atoms with Crippen LogP contribution in [0.25, 0.3) is 0 Å². The van der Waals surface area contributed by atoms with Gasteiger partial charge < -0.3 is 20.5 Å². The Morgan fingerprint density at radius 3 is 2.58 bits per heavy atom. The van der Waals surface area contributed by atoms with E-state index in [0.717, 1.165) is 5.56 Å². The Morgan fingerprint density at radius 1 is 1.32 bits per heavy atom. The molecule has 0 radical (unpaired) electrons. The van der Waals surface area contributed by atoms with Gasteiger partial charge in [-0.1, -0.05) is 30.3 Å². The van der Waals surface area contributed by atoms with Gasteiger partial charge in [-0.05, 0) is 5.56 Å². The number of hydrogen-bond acceptors (Lipinski definition) is 4. The van der Waals surface area contributed by atoms with Gasteiger partial charge >= 0.3 is 0 Å². The maximum Gasteiger partial charge on any atom is 0.274 e. The molecule has 1 heterocycles. The maximum atomic E-state index is 12.1. The molecule has 2 atom stereocenters. The highest BCUT2D eigenvalue weighted by Crippen LogP contribution is 2.18. The van der Waals surface area contributed by atoms with Crippen LogP contribution in [0.1, 0.15) is 5.56 Å². The Kier molecular flexibility index (Phi) is 3.82. The second kappa shape index (κ2) is 5.38.